The van der Waals surface area contributed by atoms with Crippen molar-refractivity contribution < 1.29 is 9.00 Å². The lowest BCUT2D eigenvalue weighted by atomic mass is 9.99. The highest BCUT2D eigenvalue weighted by Crippen LogP contribution is 2.38. The summed E-state index contributed by atoms with van der Waals surface area (Å²) >= 11 is 0. The maximum Gasteiger partial charge on any atom is 0.331 e. The zero-order valence-electron chi connectivity index (χ0n) is 14.9. The first-order valence-electron chi connectivity index (χ1n) is 8.71. The van der Waals surface area contributed by atoms with E-state index >= 15 is 0 Å². The van der Waals surface area contributed by atoms with Crippen molar-refractivity contribution in [1.82, 2.24) is 9.62 Å². The molecule has 0 saturated heterocycles. The molecule has 0 aliphatic heterocycles. The number of urea groups is 1. The molecule has 2 aliphatic rings. The van der Waals surface area contributed by atoms with Crippen LogP contribution < -0.4 is 10.0 Å². The van der Waals surface area contributed by atoms with Gasteiger partial charge in [-0.25, -0.2) is 18.5 Å². The van der Waals surface area contributed by atoms with Crippen molar-refractivity contribution >= 4 is 21.6 Å². The van der Waals surface area contributed by atoms with Crippen molar-refractivity contribution in [2.75, 3.05) is 26.0 Å². The number of carbonyl (C=O) groups is 1. The number of nitrogens with one attached hydrogen (secondary N) is 3. The molecule has 0 spiro atoms. The molecule has 0 aromatic heterocycles. The van der Waals surface area contributed by atoms with Crippen LogP contribution in [0.25, 0.3) is 0 Å². The molecule has 1 aromatic rings. The van der Waals surface area contributed by atoms with Crippen LogP contribution in [-0.4, -0.2) is 35.8 Å². The molecule has 6 nitrogen and oxygen atoms in total. The maximum atomic E-state index is 12.4. The molecule has 1 atom stereocenters. The highest BCUT2D eigenvalue weighted by atomic mass is 32.2. The lowest BCUT2D eigenvalue weighted by molar-refractivity contribution is 0.257. The van der Waals surface area contributed by atoms with Gasteiger partial charge in [0.2, 0.25) is 0 Å². The van der Waals surface area contributed by atoms with Crippen LogP contribution in [0.3, 0.4) is 0 Å². The molecule has 1 unspecified atom stereocenters. The number of rotatable bonds is 5. The van der Waals surface area contributed by atoms with Gasteiger partial charge in [0.15, 0.2) is 9.92 Å². The lowest BCUT2D eigenvalue weighted by Gasteiger charge is -2.16. The molecule has 2 amide bonds. The first-order chi connectivity index (χ1) is 11.9. The summed E-state index contributed by atoms with van der Waals surface area (Å²) in [4.78, 5) is 14.3. The molecular weight excluding hydrogens is 336 g/mol. The molecular formula is C18H26N4O2S. The van der Waals surface area contributed by atoms with Gasteiger partial charge in [0.05, 0.1) is 0 Å². The van der Waals surface area contributed by atoms with E-state index in [1.807, 2.05) is 19.0 Å². The van der Waals surface area contributed by atoms with Crippen LogP contribution in [-0.2, 0) is 35.6 Å². The van der Waals surface area contributed by atoms with E-state index in [-0.39, 0.29) is 0 Å². The minimum atomic E-state index is -3.29. The van der Waals surface area contributed by atoms with Crippen LogP contribution in [0.5, 0.6) is 0 Å². The number of anilines is 1. The molecule has 0 saturated carbocycles. The summed E-state index contributed by atoms with van der Waals surface area (Å²) in [6, 6.07) is 1.73. The predicted octanol–water partition coefficient (Wildman–Crippen LogP) is 2.82. The van der Waals surface area contributed by atoms with Crippen LogP contribution >= 0.6 is 0 Å². The number of likely N-dealkylation sites (N-methyl/N-ethyl adjacent to an activating group) is 1. The highest BCUT2D eigenvalue weighted by molar-refractivity contribution is 7.93. The average molecular weight is 362 g/mol. The zero-order chi connectivity index (χ0) is 18.0. The predicted molar refractivity (Wildman–Crippen MR) is 101 cm³/mol. The zero-order valence-corrected chi connectivity index (χ0v) is 15.7. The third kappa shape index (κ3) is 4.22. The van der Waals surface area contributed by atoms with E-state index in [2.05, 4.69) is 16.1 Å². The molecule has 0 radical (unpaired) electrons. The number of nitrogens with zero attached hydrogens (tertiary/aromatic N) is 1. The first kappa shape index (κ1) is 17.9. The van der Waals surface area contributed by atoms with E-state index in [4.69, 9.17) is 4.78 Å². The Morgan fingerprint density at radius 1 is 1.20 bits per heavy atom. The minimum absolute atomic E-state index is 0.566. The Balaban J connectivity index is 1.75. The molecule has 0 bridgehead atoms. The van der Waals surface area contributed by atoms with Gasteiger partial charge in [-0.05, 0) is 74.9 Å². The monoisotopic (exact) mass is 362 g/mol. The number of benzene rings is 1. The minimum Gasteiger partial charge on any atom is -0.307 e. The molecule has 1 aromatic carbocycles. The summed E-state index contributed by atoms with van der Waals surface area (Å²) in [6.45, 7) is 0.568. The van der Waals surface area contributed by atoms with Gasteiger partial charge in [-0.3, -0.25) is 0 Å². The van der Waals surface area contributed by atoms with Crippen molar-refractivity contribution in [3.63, 3.8) is 0 Å². The second-order valence-corrected chi connectivity index (χ2v) is 8.70. The molecule has 25 heavy (non-hydrogen) atoms. The Morgan fingerprint density at radius 3 is 2.36 bits per heavy atom. The largest absolute Gasteiger partial charge is 0.331 e. The third-order valence-corrected chi connectivity index (χ3v) is 5.78. The fourth-order valence-electron chi connectivity index (χ4n) is 3.67. The average Bonchev–Trinajstić information content (AvgIpc) is 3.14. The molecule has 0 fully saturated rings. The standard InChI is InChI=1S/C18H26N4O2S/c1-22(2)10-5-11-25(19,24)21-18(23)20-17-15-8-3-6-13(15)12-14-7-4-9-16(14)17/h5,11-12H,3-4,6-10H2,1-2H3,(H3,19,20,21,23,24)/b11-5+. The fraction of sp³-hybridized carbons (Fsp3) is 0.500. The van der Waals surface area contributed by atoms with E-state index in [1.165, 1.54) is 27.7 Å². The van der Waals surface area contributed by atoms with Crippen LogP contribution in [0.4, 0.5) is 10.5 Å². The summed E-state index contributed by atoms with van der Waals surface area (Å²) in [5.74, 6) is 0. The van der Waals surface area contributed by atoms with Crippen molar-refractivity contribution in [3.05, 3.63) is 39.8 Å². The van der Waals surface area contributed by atoms with E-state index in [9.17, 15) is 9.00 Å². The van der Waals surface area contributed by atoms with Gasteiger partial charge in [0.1, 0.15) is 0 Å². The summed E-state index contributed by atoms with van der Waals surface area (Å²) in [5, 5.41) is 4.16. The summed E-state index contributed by atoms with van der Waals surface area (Å²) in [6.07, 6.45) is 7.90. The summed E-state index contributed by atoms with van der Waals surface area (Å²) in [7, 11) is 0.469. The molecule has 2 aliphatic carbocycles. The first-order valence-corrected chi connectivity index (χ1v) is 10.3. The molecule has 3 N–H and O–H groups in total. The van der Waals surface area contributed by atoms with E-state index in [1.54, 1.807) is 6.08 Å². The Bertz CT molecular complexity index is 781. The van der Waals surface area contributed by atoms with E-state index < -0.39 is 15.9 Å². The topological polar surface area (TPSA) is 85.3 Å². The van der Waals surface area contributed by atoms with Crippen LogP contribution in [0, 0.1) is 4.78 Å². The molecule has 136 valence electrons. The maximum absolute atomic E-state index is 12.4. The quantitative estimate of drug-likeness (QED) is 0.753. The van der Waals surface area contributed by atoms with Gasteiger partial charge in [0.25, 0.3) is 0 Å². The van der Waals surface area contributed by atoms with Crippen molar-refractivity contribution in [3.8, 4) is 0 Å². The number of amides is 2. The second-order valence-electron chi connectivity index (χ2n) is 7.02. The third-order valence-electron chi connectivity index (χ3n) is 4.71. The fourth-order valence-corrected chi connectivity index (χ4v) is 4.42. The second kappa shape index (κ2) is 7.17. The van der Waals surface area contributed by atoms with Gasteiger partial charge in [-0.15, -0.1) is 0 Å². The number of aryl methyl sites for hydroxylation is 2. The van der Waals surface area contributed by atoms with Crippen molar-refractivity contribution in [2.45, 2.75) is 38.5 Å². The normalized spacial score (nSPS) is 18.2. The Labute approximate surface area is 149 Å². The lowest BCUT2D eigenvalue weighted by Crippen LogP contribution is -2.33. The Hall–Kier alpha value is -1.86. The van der Waals surface area contributed by atoms with E-state index in [0.717, 1.165) is 44.2 Å². The highest BCUT2D eigenvalue weighted by Gasteiger charge is 2.25. The van der Waals surface area contributed by atoms with Crippen molar-refractivity contribution in [2.24, 2.45) is 0 Å². The SMILES string of the molecule is CN(C)C/C=C/S(=N)(=O)NC(=O)Nc1c2c(cc3c1CCC3)CCC2. The van der Waals surface area contributed by atoms with Crippen LogP contribution in [0.1, 0.15) is 35.1 Å². The molecule has 7 heteroatoms. The van der Waals surface area contributed by atoms with E-state index in [0.29, 0.717) is 6.54 Å². The number of carbonyl (C=O) groups excluding carboxylic acids is 1. The van der Waals surface area contributed by atoms with Gasteiger partial charge in [-0.1, -0.05) is 12.1 Å². The number of hydrogen-bond donors (Lipinski definition) is 3. The summed E-state index contributed by atoms with van der Waals surface area (Å²) in [5.41, 5.74) is 5.99. The van der Waals surface area contributed by atoms with Gasteiger partial charge < -0.3 is 10.2 Å². The van der Waals surface area contributed by atoms with Gasteiger partial charge in [-0.2, -0.15) is 0 Å². The molecule has 3 rings (SSSR count). The van der Waals surface area contributed by atoms with Crippen molar-refractivity contribution in [1.29, 1.82) is 4.78 Å². The van der Waals surface area contributed by atoms with Crippen LogP contribution in [0.2, 0.25) is 0 Å². The number of fused-ring (bicyclic) bond motifs is 2. The Kier molecular flexibility index (Phi) is 5.15. The van der Waals surface area contributed by atoms with Crippen LogP contribution in [0.15, 0.2) is 17.6 Å². The summed E-state index contributed by atoms with van der Waals surface area (Å²) < 4.78 is 22.3. The Morgan fingerprint density at radius 2 is 1.80 bits per heavy atom. The molecule has 0 heterocycles. The van der Waals surface area contributed by atoms with Gasteiger partial charge >= 0.3 is 6.03 Å². The smallest absolute Gasteiger partial charge is 0.307 e. The van der Waals surface area contributed by atoms with Gasteiger partial charge in [0, 0.05) is 17.6 Å². The number of hydrogen-bond acceptors (Lipinski definition) is 4.